The van der Waals surface area contributed by atoms with E-state index in [1.165, 1.54) is 60.7 Å². The van der Waals surface area contributed by atoms with Gasteiger partial charge in [-0.1, -0.05) is 37.4 Å². The van der Waals surface area contributed by atoms with Crippen LogP contribution >= 0.6 is 23.1 Å². The number of likely N-dealkylation sites (tertiary alicyclic amines) is 1. The van der Waals surface area contributed by atoms with E-state index in [-0.39, 0.29) is 17.5 Å². The van der Waals surface area contributed by atoms with Crippen LogP contribution in [0.15, 0.2) is 9.95 Å². The molecule has 2 aromatic rings. The molecule has 3 heterocycles. The van der Waals surface area contributed by atoms with Crippen LogP contribution in [0.2, 0.25) is 0 Å². The molecule has 30 heavy (non-hydrogen) atoms. The largest absolute Gasteiger partial charge is 0.342 e. The van der Waals surface area contributed by atoms with Crippen molar-refractivity contribution in [3.05, 3.63) is 20.8 Å². The lowest BCUT2D eigenvalue weighted by atomic mass is 9.97. The number of fused-ring (bicyclic) bond motifs is 3. The molecule has 1 saturated carbocycles. The molecule has 0 bridgehead atoms. The average Bonchev–Trinajstić information content (AvgIpc) is 3.32. The fraction of sp³-hybridized carbons (Fsp3) is 0.696. The molecule has 0 radical (unpaired) electrons. The Kier molecular flexibility index (Phi) is 6.19. The van der Waals surface area contributed by atoms with Crippen LogP contribution in [0.5, 0.6) is 0 Å². The number of rotatable bonds is 4. The molecule has 162 valence electrons. The monoisotopic (exact) mass is 445 g/mol. The van der Waals surface area contributed by atoms with Crippen molar-refractivity contribution in [2.24, 2.45) is 0 Å². The predicted octanol–water partition coefficient (Wildman–Crippen LogP) is 4.95. The van der Waals surface area contributed by atoms with Crippen molar-refractivity contribution in [3.8, 4) is 0 Å². The first kappa shape index (κ1) is 20.6. The number of hydrogen-bond donors (Lipinski definition) is 0. The highest BCUT2D eigenvalue weighted by Crippen LogP contribution is 2.37. The number of hydrogen-bond acceptors (Lipinski definition) is 5. The van der Waals surface area contributed by atoms with Crippen molar-refractivity contribution < 1.29 is 4.79 Å². The third-order valence-corrected chi connectivity index (χ3v) is 9.09. The molecule has 5 rings (SSSR count). The summed E-state index contributed by atoms with van der Waals surface area (Å²) in [6, 6.07) is 0.240. The van der Waals surface area contributed by atoms with Crippen LogP contribution in [0, 0.1) is 0 Å². The van der Waals surface area contributed by atoms with Crippen LogP contribution in [0.3, 0.4) is 0 Å². The molecule has 0 atom stereocenters. The van der Waals surface area contributed by atoms with Gasteiger partial charge in [-0.3, -0.25) is 14.2 Å². The van der Waals surface area contributed by atoms with Crippen molar-refractivity contribution in [2.45, 2.75) is 88.2 Å². The number of thiophene rings is 1. The second-order valence-corrected chi connectivity index (χ2v) is 11.0. The molecule has 1 amide bonds. The Balaban J connectivity index is 1.47. The molecular weight excluding hydrogens is 414 g/mol. The molecule has 1 saturated heterocycles. The van der Waals surface area contributed by atoms with Crippen LogP contribution in [-0.2, 0) is 17.6 Å². The van der Waals surface area contributed by atoms with Gasteiger partial charge in [0.15, 0.2) is 5.16 Å². The SMILES string of the molecule is O=C(CSc1nc2sc3c(c2c(=O)n1C1CCCC1)CCCC3)N1CCCCCC1. The quantitative estimate of drug-likeness (QED) is 0.494. The first-order valence-electron chi connectivity index (χ1n) is 11.7. The van der Waals surface area contributed by atoms with Crippen molar-refractivity contribution in [3.63, 3.8) is 0 Å². The Morgan fingerprint density at radius 2 is 1.73 bits per heavy atom. The molecule has 2 aromatic heterocycles. The Bertz CT molecular complexity index is 982. The second-order valence-electron chi connectivity index (χ2n) is 8.98. The van der Waals surface area contributed by atoms with Crippen molar-refractivity contribution in [1.29, 1.82) is 0 Å². The normalized spacial score (nSPS) is 20.5. The molecule has 2 fully saturated rings. The summed E-state index contributed by atoms with van der Waals surface area (Å²) in [4.78, 5) is 35.8. The third-order valence-electron chi connectivity index (χ3n) is 6.96. The molecule has 0 spiro atoms. The maximum atomic E-state index is 13.7. The maximum absolute atomic E-state index is 13.7. The number of nitrogens with zero attached hydrogens (tertiary/aromatic N) is 3. The van der Waals surface area contributed by atoms with E-state index in [0.29, 0.717) is 5.75 Å². The second kappa shape index (κ2) is 9.03. The fourth-order valence-electron chi connectivity index (χ4n) is 5.32. The smallest absolute Gasteiger partial charge is 0.263 e. The summed E-state index contributed by atoms with van der Waals surface area (Å²) in [5.41, 5.74) is 1.42. The van der Waals surface area contributed by atoms with Crippen LogP contribution in [0.1, 0.15) is 80.7 Å². The molecule has 0 aromatic carbocycles. The summed E-state index contributed by atoms with van der Waals surface area (Å²) in [5.74, 6) is 0.579. The van der Waals surface area contributed by atoms with Gasteiger partial charge >= 0.3 is 0 Å². The highest BCUT2D eigenvalue weighted by Gasteiger charge is 2.27. The summed E-state index contributed by atoms with van der Waals surface area (Å²) in [6.07, 6.45) is 13.6. The van der Waals surface area contributed by atoms with E-state index in [1.807, 2.05) is 9.47 Å². The highest BCUT2D eigenvalue weighted by molar-refractivity contribution is 7.99. The van der Waals surface area contributed by atoms with Gasteiger partial charge < -0.3 is 4.90 Å². The van der Waals surface area contributed by atoms with E-state index in [9.17, 15) is 9.59 Å². The zero-order valence-corrected chi connectivity index (χ0v) is 19.3. The molecule has 0 N–H and O–H groups in total. The lowest BCUT2D eigenvalue weighted by Crippen LogP contribution is -2.33. The van der Waals surface area contributed by atoms with Crippen molar-refractivity contribution in [2.75, 3.05) is 18.8 Å². The topological polar surface area (TPSA) is 55.2 Å². The Morgan fingerprint density at radius 3 is 2.50 bits per heavy atom. The van der Waals surface area contributed by atoms with Crippen LogP contribution in [0.25, 0.3) is 10.2 Å². The first-order valence-corrected chi connectivity index (χ1v) is 13.5. The zero-order valence-electron chi connectivity index (χ0n) is 17.7. The Morgan fingerprint density at radius 1 is 1.00 bits per heavy atom. The summed E-state index contributed by atoms with van der Waals surface area (Å²) in [6.45, 7) is 1.75. The van der Waals surface area contributed by atoms with Gasteiger partial charge in [0, 0.05) is 24.0 Å². The molecule has 3 aliphatic rings. The molecule has 2 aliphatic carbocycles. The van der Waals surface area contributed by atoms with Gasteiger partial charge in [0.25, 0.3) is 5.56 Å². The Hall–Kier alpha value is -1.34. The molecule has 7 heteroatoms. The van der Waals surface area contributed by atoms with Crippen LogP contribution < -0.4 is 5.56 Å². The third kappa shape index (κ3) is 3.95. The van der Waals surface area contributed by atoms with Crippen molar-refractivity contribution >= 4 is 39.2 Å². The van der Waals surface area contributed by atoms with Crippen LogP contribution in [-0.4, -0.2) is 39.2 Å². The zero-order chi connectivity index (χ0) is 20.5. The molecule has 0 unspecified atom stereocenters. The van der Waals surface area contributed by atoms with Gasteiger partial charge in [0.1, 0.15) is 4.83 Å². The van der Waals surface area contributed by atoms with Crippen molar-refractivity contribution in [1.82, 2.24) is 14.5 Å². The minimum absolute atomic E-state index is 0.149. The summed E-state index contributed by atoms with van der Waals surface area (Å²) in [7, 11) is 0. The van der Waals surface area contributed by atoms with Gasteiger partial charge in [-0.2, -0.15) is 0 Å². The minimum atomic E-state index is 0.149. The highest BCUT2D eigenvalue weighted by atomic mass is 32.2. The van der Waals surface area contributed by atoms with E-state index >= 15 is 0 Å². The number of thioether (sulfide) groups is 1. The number of amides is 1. The van der Waals surface area contributed by atoms with E-state index in [0.717, 1.165) is 67.0 Å². The van der Waals surface area contributed by atoms with Gasteiger partial charge in [-0.05, 0) is 56.9 Å². The van der Waals surface area contributed by atoms with E-state index in [4.69, 9.17) is 4.98 Å². The number of carbonyl (C=O) groups excluding carboxylic acids is 1. The van der Waals surface area contributed by atoms with Gasteiger partial charge in [-0.15, -0.1) is 11.3 Å². The number of aryl methyl sites for hydroxylation is 2. The van der Waals surface area contributed by atoms with E-state index in [1.54, 1.807) is 11.3 Å². The summed E-state index contributed by atoms with van der Waals surface area (Å²) < 4.78 is 1.97. The van der Waals surface area contributed by atoms with Gasteiger partial charge in [0.2, 0.25) is 5.91 Å². The maximum Gasteiger partial charge on any atom is 0.263 e. The van der Waals surface area contributed by atoms with Gasteiger partial charge in [-0.25, -0.2) is 4.98 Å². The standard InChI is InChI=1S/C23H31N3O2S2/c27-19(25-13-7-1-2-8-14-25)15-29-23-24-21-20(17-11-5-6-12-18(17)30-21)22(28)26(23)16-9-3-4-10-16/h16H,1-15H2. The average molecular weight is 446 g/mol. The minimum Gasteiger partial charge on any atom is -0.342 e. The summed E-state index contributed by atoms with van der Waals surface area (Å²) >= 11 is 3.20. The predicted molar refractivity (Wildman–Crippen MR) is 124 cm³/mol. The lowest BCUT2D eigenvalue weighted by molar-refractivity contribution is -0.128. The lowest BCUT2D eigenvalue weighted by Gasteiger charge is -2.21. The summed E-state index contributed by atoms with van der Waals surface area (Å²) in [5, 5.41) is 1.64. The van der Waals surface area contributed by atoms with Crippen LogP contribution in [0.4, 0.5) is 0 Å². The number of carbonyl (C=O) groups is 1. The first-order chi connectivity index (χ1) is 14.7. The Labute approximate surface area is 186 Å². The molecule has 1 aliphatic heterocycles. The van der Waals surface area contributed by atoms with Gasteiger partial charge in [0.05, 0.1) is 11.1 Å². The molecule has 5 nitrogen and oxygen atoms in total. The molecular formula is C23H31N3O2S2. The number of aromatic nitrogens is 2. The van der Waals surface area contributed by atoms with E-state index in [2.05, 4.69) is 0 Å². The van der Waals surface area contributed by atoms with E-state index < -0.39 is 0 Å². The fourth-order valence-corrected chi connectivity index (χ4v) is 7.59.